The second kappa shape index (κ2) is 8.20. The van der Waals surface area contributed by atoms with Crippen LogP contribution in [0.1, 0.15) is 28.4 Å². The highest BCUT2D eigenvalue weighted by molar-refractivity contribution is 6.36. The number of fused-ring (bicyclic) bond motifs is 1. The van der Waals surface area contributed by atoms with Crippen molar-refractivity contribution in [2.24, 2.45) is 0 Å². The number of carbonyl (C=O) groups is 3. The monoisotopic (exact) mass is 437 g/mol. The number of aromatic nitrogens is 1. The van der Waals surface area contributed by atoms with Crippen LogP contribution < -0.4 is 5.32 Å². The minimum absolute atomic E-state index is 0.0905. The molecular formula is C26H19N3O4. The van der Waals surface area contributed by atoms with Gasteiger partial charge >= 0.3 is 0 Å². The summed E-state index contributed by atoms with van der Waals surface area (Å²) in [6.07, 6.45) is 6.29. The van der Waals surface area contributed by atoms with E-state index in [1.54, 1.807) is 42.7 Å². The Morgan fingerprint density at radius 1 is 1.03 bits per heavy atom. The summed E-state index contributed by atoms with van der Waals surface area (Å²) in [6, 6.07) is 16.0. The van der Waals surface area contributed by atoms with Gasteiger partial charge in [0.25, 0.3) is 11.8 Å². The van der Waals surface area contributed by atoms with E-state index in [0.717, 1.165) is 16.7 Å². The Morgan fingerprint density at radius 3 is 2.58 bits per heavy atom. The molecule has 1 aromatic carbocycles. The van der Waals surface area contributed by atoms with Crippen LogP contribution in [-0.4, -0.2) is 27.5 Å². The third kappa shape index (κ3) is 3.59. The second-order valence-corrected chi connectivity index (χ2v) is 7.71. The Labute approximate surface area is 189 Å². The number of imide groups is 1. The van der Waals surface area contributed by atoms with Crippen LogP contribution in [0.3, 0.4) is 0 Å². The summed E-state index contributed by atoms with van der Waals surface area (Å²) in [7, 11) is 0. The van der Waals surface area contributed by atoms with Gasteiger partial charge in [-0.1, -0.05) is 36.4 Å². The highest BCUT2D eigenvalue weighted by Gasteiger charge is 2.40. The fourth-order valence-electron chi connectivity index (χ4n) is 4.01. The molecule has 2 aromatic rings. The lowest BCUT2D eigenvalue weighted by Gasteiger charge is -2.15. The number of amides is 2. The van der Waals surface area contributed by atoms with E-state index in [1.165, 1.54) is 24.3 Å². The summed E-state index contributed by atoms with van der Waals surface area (Å²) in [4.78, 5) is 44.6. The maximum Gasteiger partial charge on any atom is 0.278 e. The Balaban J connectivity index is 1.62. The lowest BCUT2D eigenvalue weighted by atomic mass is 10.0. The van der Waals surface area contributed by atoms with Gasteiger partial charge in [0.05, 0.1) is 30.3 Å². The molecule has 1 aliphatic carbocycles. The molecule has 3 heterocycles. The summed E-state index contributed by atoms with van der Waals surface area (Å²) >= 11 is 0. The summed E-state index contributed by atoms with van der Waals surface area (Å²) in [5.41, 5.74) is 4.06. The smallest absolute Gasteiger partial charge is 0.278 e. The molecule has 5 rings (SSSR count). The molecule has 0 atom stereocenters. The summed E-state index contributed by atoms with van der Waals surface area (Å²) in [5.74, 6) is -1.04. The molecule has 1 aromatic heterocycles. The third-order valence-electron chi connectivity index (χ3n) is 5.58. The number of ketones is 1. The first-order valence-electron chi connectivity index (χ1n) is 10.4. The van der Waals surface area contributed by atoms with Gasteiger partial charge in [0, 0.05) is 29.1 Å². The molecule has 0 saturated carbocycles. The zero-order chi connectivity index (χ0) is 22.9. The molecule has 2 aliphatic heterocycles. The first-order valence-corrected chi connectivity index (χ1v) is 10.4. The molecule has 0 radical (unpaired) electrons. The van der Waals surface area contributed by atoms with E-state index < -0.39 is 11.8 Å². The van der Waals surface area contributed by atoms with Crippen LogP contribution in [-0.2, 0) is 16.1 Å². The normalized spacial score (nSPS) is 13.8. The second-order valence-electron chi connectivity index (χ2n) is 7.71. The van der Waals surface area contributed by atoms with Gasteiger partial charge < -0.3 is 9.73 Å². The van der Waals surface area contributed by atoms with Crippen LogP contribution in [0.25, 0.3) is 16.7 Å². The Hall–Kier alpha value is -4.52. The highest BCUT2D eigenvalue weighted by atomic mass is 16.3. The number of pyridine rings is 1. The van der Waals surface area contributed by atoms with Crippen LogP contribution in [0.2, 0.25) is 0 Å². The minimum atomic E-state index is -0.466. The average Bonchev–Trinajstić information content (AvgIpc) is 3.32. The SMILES string of the molecule is CC(=O)c1cc2coccc-2c1NC1=C(c2ccccc2)C(=O)N(Cc2cccnc2)C1=O. The Morgan fingerprint density at radius 2 is 1.85 bits per heavy atom. The largest absolute Gasteiger partial charge is 0.472 e. The zero-order valence-electron chi connectivity index (χ0n) is 17.7. The van der Waals surface area contributed by atoms with Gasteiger partial charge in [-0.3, -0.25) is 24.3 Å². The average molecular weight is 437 g/mol. The molecule has 3 aliphatic rings. The number of rotatable bonds is 6. The quantitative estimate of drug-likeness (QED) is 0.356. The van der Waals surface area contributed by atoms with Gasteiger partial charge in [0.2, 0.25) is 0 Å². The number of nitrogens with one attached hydrogen (secondary N) is 1. The van der Waals surface area contributed by atoms with Gasteiger partial charge in [-0.05, 0) is 36.2 Å². The van der Waals surface area contributed by atoms with E-state index in [2.05, 4.69) is 10.3 Å². The van der Waals surface area contributed by atoms with Gasteiger partial charge in [-0.25, -0.2) is 0 Å². The maximum absolute atomic E-state index is 13.5. The molecule has 7 nitrogen and oxygen atoms in total. The number of hydrogen-bond acceptors (Lipinski definition) is 6. The number of Topliss-reactive ketones (excluding diaryl/α,β-unsaturated/α-hetero) is 1. The van der Waals surface area contributed by atoms with Gasteiger partial charge in [0.1, 0.15) is 5.70 Å². The van der Waals surface area contributed by atoms with Crippen LogP contribution in [0.5, 0.6) is 0 Å². The fourth-order valence-corrected chi connectivity index (χ4v) is 4.01. The molecule has 7 heteroatoms. The molecule has 2 amide bonds. The fraction of sp³-hybridized carbons (Fsp3) is 0.0769. The maximum atomic E-state index is 13.5. The van der Waals surface area contributed by atoms with Crippen LogP contribution in [0.15, 0.2) is 89.6 Å². The predicted molar refractivity (Wildman–Crippen MR) is 122 cm³/mol. The first-order chi connectivity index (χ1) is 16.0. The first kappa shape index (κ1) is 20.4. The van der Waals surface area contributed by atoms with E-state index >= 15 is 0 Å². The van der Waals surface area contributed by atoms with Crippen molar-refractivity contribution in [2.45, 2.75) is 13.5 Å². The van der Waals surface area contributed by atoms with Crippen molar-refractivity contribution < 1.29 is 18.8 Å². The summed E-state index contributed by atoms with van der Waals surface area (Å²) in [6.45, 7) is 1.55. The molecule has 0 bridgehead atoms. The van der Waals surface area contributed by atoms with Crippen molar-refractivity contribution in [1.82, 2.24) is 9.88 Å². The highest BCUT2D eigenvalue weighted by Crippen LogP contribution is 2.40. The van der Waals surface area contributed by atoms with Crippen LogP contribution in [0.4, 0.5) is 5.69 Å². The summed E-state index contributed by atoms with van der Waals surface area (Å²) < 4.78 is 5.23. The van der Waals surface area contributed by atoms with Crippen molar-refractivity contribution in [3.8, 4) is 11.1 Å². The lowest BCUT2D eigenvalue weighted by Crippen LogP contribution is -2.32. The van der Waals surface area contributed by atoms with Crippen molar-refractivity contribution in [1.29, 1.82) is 0 Å². The standard InChI is InChI=1S/C26H19N3O4/c1-16(30)21-12-19-15-33-11-9-20(19)23(21)28-24-22(18-7-3-2-4-8-18)25(31)29(26(24)32)14-17-6-5-10-27-13-17/h2-13,15,28H,14H2,1H3. The van der Waals surface area contributed by atoms with Crippen molar-refractivity contribution in [2.75, 3.05) is 5.32 Å². The Bertz CT molecular complexity index is 1370. The van der Waals surface area contributed by atoms with Gasteiger partial charge in [-0.15, -0.1) is 0 Å². The number of hydrogen-bond donors (Lipinski definition) is 1. The van der Waals surface area contributed by atoms with Crippen LogP contribution >= 0.6 is 0 Å². The van der Waals surface area contributed by atoms with Gasteiger partial charge in [-0.2, -0.15) is 0 Å². The molecule has 0 unspecified atom stereocenters. The molecule has 0 fully saturated rings. The Kier molecular flexibility index (Phi) is 5.06. The van der Waals surface area contributed by atoms with E-state index in [9.17, 15) is 14.4 Å². The topological polar surface area (TPSA) is 92.5 Å². The van der Waals surface area contributed by atoms with Crippen molar-refractivity contribution in [3.63, 3.8) is 0 Å². The number of benzene rings is 1. The molecule has 162 valence electrons. The molecule has 33 heavy (non-hydrogen) atoms. The van der Waals surface area contributed by atoms with Crippen molar-refractivity contribution in [3.05, 3.63) is 102 Å². The molecule has 0 saturated heterocycles. The van der Waals surface area contributed by atoms with Gasteiger partial charge in [0.15, 0.2) is 5.78 Å². The molecule has 0 spiro atoms. The molecule has 1 N–H and O–H groups in total. The number of carbonyl (C=O) groups excluding carboxylic acids is 3. The van der Waals surface area contributed by atoms with E-state index in [1.807, 2.05) is 24.3 Å². The number of nitrogens with zero attached hydrogens (tertiary/aromatic N) is 2. The van der Waals surface area contributed by atoms with E-state index in [0.29, 0.717) is 16.8 Å². The zero-order valence-corrected chi connectivity index (χ0v) is 17.7. The molecular weight excluding hydrogens is 418 g/mol. The van der Waals surface area contributed by atoms with E-state index in [4.69, 9.17) is 4.42 Å². The third-order valence-corrected chi connectivity index (χ3v) is 5.58. The minimum Gasteiger partial charge on any atom is -0.472 e. The van der Waals surface area contributed by atoms with Crippen LogP contribution in [0, 0.1) is 0 Å². The summed E-state index contributed by atoms with van der Waals surface area (Å²) in [5, 5.41) is 3.15. The lowest BCUT2D eigenvalue weighted by molar-refractivity contribution is -0.137. The number of anilines is 1. The van der Waals surface area contributed by atoms with E-state index in [-0.39, 0.29) is 23.6 Å². The predicted octanol–water partition coefficient (Wildman–Crippen LogP) is 4.37. The van der Waals surface area contributed by atoms with Crippen molar-refractivity contribution >= 4 is 28.9 Å².